The average molecular weight is 418 g/mol. The lowest BCUT2D eigenvalue weighted by Crippen LogP contribution is -2.54. The molecule has 31 heavy (non-hydrogen) atoms. The highest BCUT2D eigenvalue weighted by molar-refractivity contribution is 6.39. The van der Waals surface area contributed by atoms with Gasteiger partial charge in [0, 0.05) is 37.4 Å². The van der Waals surface area contributed by atoms with Crippen LogP contribution in [0.1, 0.15) is 5.69 Å². The normalized spacial score (nSPS) is 15.4. The molecule has 1 fully saturated rings. The van der Waals surface area contributed by atoms with Crippen LogP contribution in [0.15, 0.2) is 72.4 Å². The van der Waals surface area contributed by atoms with Crippen molar-refractivity contribution >= 4 is 35.3 Å². The van der Waals surface area contributed by atoms with Crippen LogP contribution in [0.4, 0.5) is 20.6 Å². The number of nitrogens with zero attached hydrogens (tertiary/aromatic N) is 3. The summed E-state index contributed by atoms with van der Waals surface area (Å²) in [6, 6.07) is 15.4. The summed E-state index contributed by atoms with van der Waals surface area (Å²) in [5.41, 5.74) is 2.25. The van der Waals surface area contributed by atoms with Crippen molar-refractivity contribution in [2.45, 2.75) is 0 Å². The summed E-state index contributed by atoms with van der Waals surface area (Å²) in [7, 11) is 3.89. The molecule has 1 saturated heterocycles. The van der Waals surface area contributed by atoms with Crippen molar-refractivity contribution in [1.82, 2.24) is 9.88 Å². The minimum Gasteiger partial charge on any atom is -0.378 e. The maximum Gasteiger partial charge on any atom is 0.335 e. The molecule has 2 aromatic carbocycles. The number of carbonyl (C=O) groups excluding carboxylic acids is 3. The number of aromatic nitrogens is 1. The molecule has 0 saturated carbocycles. The SMILES string of the molecule is CN(C)c1ccc(-n2cccc2/C=C2\C(=O)NC(=O)N(c3cccc(F)c3)C2=O)cc1. The Balaban J connectivity index is 1.71. The molecule has 1 aliphatic heterocycles. The number of urea groups is 1. The van der Waals surface area contributed by atoms with E-state index in [0.29, 0.717) is 5.69 Å². The lowest BCUT2D eigenvalue weighted by molar-refractivity contribution is -0.122. The predicted octanol–water partition coefficient (Wildman–Crippen LogP) is 3.35. The van der Waals surface area contributed by atoms with Crippen LogP contribution >= 0.6 is 0 Å². The van der Waals surface area contributed by atoms with Gasteiger partial charge in [-0.15, -0.1) is 0 Å². The van der Waals surface area contributed by atoms with Gasteiger partial charge in [0.25, 0.3) is 11.8 Å². The van der Waals surface area contributed by atoms with E-state index in [1.165, 1.54) is 24.3 Å². The summed E-state index contributed by atoms with van der Waals surface area (Å²) in [5.74, 6) is -2.23. The van der Waals surface area contributed by atoms with E-state index >= 15 is 0 Å². The fourth-order valence-electron chi connectivity index (χ4n) is 3.31. The lowest BCUT2D eigenvalue weighted by Gasteiger charge is -2.26. The predicted molar refractivity (Wildman–Crippen MR) is 115 cm³/mol. The molecule has 0 atom stereocenters. The summed E-state index contributed by atoms with van der Waals surface area (Å²) in [4.78, 5) is 40.4. The Morgan fingerprint density at radius 3 is 2.35 bits per heavy atom. The van der Waals surface area contributed by atoms with Crippen molar-refractivity contribution < 1.29 is 18.8 Å². The van der Waals surface area contributed by atoms with E-state index in [9.17, 15) is 18.8 Å². The average Bonchev–Trinajstić information content (AvgIpc) is 3.19. The minimum absolute atomic E-state index is 0.0376. The van der Waals surface area contributed by atoms with Crippen LogP contribution in [0, 0.1) is 5.82 Å². The van der Waals surface area contributed by atoms with Crippen LogP contribution in [-0.4, -0.2) is 36.5 Å². The summed E-state index contributed by atoms with van der Waals surface area (Å²) in [6.07, 6.45) is 3.22. The number of carbonyl (C=O) groups is 3. The van der Waals surface area contributed by atoms with Gasteiger partial charge in [0.2, 0.25) is 0 Å². The van der Waals surface area contributed by atoms with Crippen molar-refractivity contribution in [2.75, 3.05) is 23.9 Å². The number of benzene rings is 2. The van der Waals surface area contributed by atoms with Crippen molar-refractivity contribution in [3.63, 3.8) is 0 Å². The fourth-order valence-corrected chi connectivity index (χ4v) is 3.31. The van der Waals surface area contributed by atoms with Gasteiger partial charge in [-0.05, 0) is 60.7 Å². The Morgan fingerprint density at radius 1 is 0.935 bits per heavy atom. The molecule has 7 nitrogen and oxygen atoms in total. The molecule has 0 bridgehead atoms. The van der Waals surface area contributed by atoms with E-state index < -0.39 is 23.7 Å². The molecule has 2 heterocycles. The number of rotatable bonds is 4. The summed E-state index contributed by atoms with van der Waals surface area (Å²) in [5, 5.41) is 2.14. The second-order valence-corrected chi connectivity index (χ2v) is 7.15. The first-order valence-electron chi connectivity index (χ1n) is 9.47. The summed E-state index contributed by atoms with van der Waals surface area (Å²) < 4.78 is 15.4. The smallest absolute Gasteiger partial charge is 0.335 e. The van der Waals surface area contributed by atoms with Gasteiger partial charge in [-0.1, -0.05) is 6.07 Å². The monoisotopic (exact) mass is 418 g/mol. The molecule has 0 radical (unpaired) electrons. The van der Waals surface area contributed by atoms with Crippen molar-refractivity contribution in [3.05, 3.63) is 83.9 Å². The van der Waals surface area contributed by atoms with E-state index in [1.807, 2.05) is 47.8 Å². The molecule has 8 heteroatoms. The minimum atomic E-state index is -0.924. The number of amides is 4. The molecule has 156 valence electrons. The molecule has 4 amide bonds. The van der Waals surface area contributed by atoms with Gasteiger partial charge in [0.05, 0.1) is 5.69 Å². The molecular formula is C23H19FN4O3. The topological polar surface area (TPSA) is 74.7 Å². The first-order chi connectivity index (χ1) is 14.8. The number of imide groups is 2. The Kier molecular flexibility index (Phi) is 5.12. The first-order valence-corrected chi connectivity index (χ1v) is 9.47. The number of barbiturate groups is 1. The zero-order valence-electron chi connectivity index (χ0n) is 16.9. The van der Waals surface area contributed by atoms with E-state index in [0.717, 1.165) is 22.3 Å². The molecule has 1 aromatic heterocycles. The Bertz CT molecular complexity index is 1210. The van der Waals surface area contributed by atoms with Gasteiger partial charge in [0.15, 0.2) is 0 Å². The lowest BCUT2D eigenvalue weighted by atomic mass is 10.1. The Morgan fingerprint density at radius 2 is 1.68 bits per heavy atom. The van der Waals surface area contributed by atoms with Gasteiger partial charge in [-0.2, -0.15) is 0 Å². The van der Waals surface area contributed by atoms with Crippen LogP contribution in [-0.2, 0) is 9.59 Å². The van der Waals surface area contributed by atoms with Crippen LogP contribution < -0.4 is 15.1 Å². The van der Waals surface area contributed by atoms with Gasteiger partial charge in [0.1, 0.15) is 11.4 Å². The van der Waals surface area contributed by atoms with Gasteiger partial charge in [-0.25, -0.2) is 14.1 Å². The third kappa shape index (κ3) is 3.83. The van der Waals surface area contributed by atoms with E-state index in [-0.39, 0.29) is 11.3 Å². The Hall–Kier alpha value is -4.20. The van der Waals surface area contributed by atoms with Crippen molar-refractivity contribution in [2.24, 2.45) is 0 Å². The number of halogens is 1. The maximum atomic E-state index is 13.6. The van der Waals surface area contributed by atoms with E-state index in [4.69, 9.17) is 0 Å². The number of hydrogen-bond acceptors (Lipinski definition) is 4. The number of anilines is 2. The van der Waals surface area contributed by atoms with Crippen molar-refractivity contribution in [3.8, 4) is 5.69 Å². The number of nitrogens with one attached hydrogen (secondary N) is 1. The van der Waals surface area contributed by atoms with Gasteiger partial charge >= 0.3 is 6.03 Å². The fraction of sp³-hybridized carbons (Fsp3) is 0.0870. The van der Waals surface area contributed by atoms with Gasteiger partial charge < -0.3 is 9.47 Å². The standard InChI is InChI=1S/C23H19FN4O3/c1-26(2)16-8-10-17(11-9-16)27-12-4-7-18(27)14-20-21(29)25-23(31)28(22(20)30)19-6-3-5-15(24)13-19/h3-14H,1-2H3,(H,25,29,31)/b20-14+. The molecule has 0 unspecified atom stereocenters. The Labute approximate surface area is 178 Å². The number of hydrogen-bond donors (Lipinski definition) is 1. The highest BCUT2D eigenvalue weighted by Crippen LogP contribution is 2.24. The summed E-state index contributed by atoms with van der Waals surface area (Å²) >= 11 is 0. The van der Waals surface area contributed by atoms with E-state index in [1.54, 1.807) is 18.3 Å². The molecule has 0 spiro atoms. The maximum absolute atomic E-state index is 13.6. The van der Waals surface area contributed by atoms with Crippen LogP contribution in [0.3, 0.4) is 0 Å². The molecule has 1 aliphatic rings. The second kappa shape index (κ2) is 7.91. The quantitative estimate of drug-likeness (QED) is 0.521. The highest BCUT2D eigenvalue weighted by Gasteiger charge is 2.37. The highest BCUT2D eigenvalue weighted by atomic mass is 19.1. The van der Waals surface area contributed by atoms with Crippen molar-refractivity contribution in [1.29, 1.82) is 0 Å². The van der Waals surface area contributed by atoms with Gasteiger partial charge in [-0.3, -0.25) is 14.9 Å². The largest absolute Gasteiger partial charge is 0.378 e. The zero-order valence-corrected chi connectivity index (χ0v) is 16.9. The molecule has 4 rings (SSSR count). The molecule has 1 N–H and O–H groups in total. The summed E-state index contributed by atoms with van der Waals surface area (Å²) in [6.45, 7) is 0. The molecular weight excluding hydrogens is 399 g/mol. The van der Waals surface area contributed by atoms with Crippen LogP contribution in [0.5, 0.6) is 0 Å². The third-order valence-corrected chi connectivity index (χ3v) is 4.88. The molecule has 0 aliphatic carbocycles. The van der Waals surface area contributed by atoms with E-state index in [2.05, 4.69) is 5.32 Å². The van der Waals surface area contributed by atoms with Crippen LogP contribution in [0.2, 0.25) is 0 Å². The van der Waals surface area contributed by atoms with Crippen LogP contribution in [0.25, 0.3) is 11.8 Å². The second-order valence-electron chi connectivity index (χ2n) is 7.15. The molecule has 3 aromatic rings. The zero-order chi connectivity index (χ0) is 22.1. The third-order valence-electron chi connectivity index (χ3n) is 4.88. The first kappa shape index (κ1) is 20.1.